The first-order valence-electron chi connectivity index (χ1n) is 5.23. The Morgan fingerprint density at radius 3 is 1.33 bits per heavy atom. The van der Waals surface area contributed by atoms with Crippen molar-refractivity contribution in [3.8, 4) is 0 Å². The van der Waals surface area contributed by atoms with E-state index >= 15 is 0 Å². The molecule has 0 aromatic carbocycles. The molecule has 0 saturated heterocycles. The number of aliphatic carboxylic acids is 4. The summed E-state index contributed by atoms with van der Waals surface area (Å²) in [7, 11) is 0. The van der Waals surface area contributed by atoms with Crippen LogP contribution in [0.1, 0.15) is 23.0 Å². The average Bonchev–Trinajstić information content (AvgIpc) is 2.32. The Morgan fingerprint density at radius 1 is 0.810 bits per heavy atom. The van der Waals surface area contributed by atoms with Crippen molar-refractivity contribution in [1.29, 1.82) is 0 Å². The molecule has 0 amide bonds. The summed E-state index contributed by atoms with van der Waals surface area (Å²) in [6.45, 7) is 0. The minimum atomic E-state index is -2.09. The predicted octanol–water partition coefficient (Wildman–Crippen LogP) is 0.241. The van der Waals surface area contributed by atoms with Crippen molar-refractivity contribution < 1.29 is 39.6 Å². The van der Waals surface area contributed by atoms with Gasteiger partial charge in [-0.05, 0) is 0 Å². The number of rotatable bonds is 6. The largest absolute Gasteiger partial charge is 0.480 e. The Kier molecular flexibility index (Phi) is 4.82. The highest BCUT2D eigenvalue weighted by molar-refractivity contribution is 6.33. The van der Waals surface area contributed by atoms with E-state index in [2.05, 4.69) is 4.98 Å². The zero-order valence-corrected chi connectivity index (χ0v) is 10.8. The van der Waals surface area contributed by atoms with Gasteiger partial charge in [0, 0.05) is 23.5 Å². The summed E-state index contributed by atoms with van der Waals surface area (Å²) >= 11 is 5.78. The minimum Gasteiger partial charge on any atom is -0.480 e. The number of hydrogen-bond donors (Lipinski definition) is 4. The monoisotopic (exact) mass is 317 g/mol. The van der Waals surface area contributed by atoms with Crippen molar-refractivity contribution in [3.63, 3.8) is 0 Å². The number of pyridine rings is 1. The standard InChI is InChI=1S/C11H8ClNO8/c12-7-3(5(8(14)15)9(16)17)1-13-2-4(7)6(10(18)19)11(20)21/h1-2,5-6H,(H,14,15)(H,16,17)(H,18,19)(H,20,21). The molecule has 21 heavy (non-hydrogen) atoms. The normalized spacial score (nSPS) is 10.6. The maximum atomic E-state index is 10.9. The Balaban J connectivity index is 3.51. The first-order valence-corrected chi connectivity index (χ1v) is 5.60. The summed E-state index contributed by atoms with van der Waals surface area (Å²) < 4.78 is 0. The van der Waals surface area contributed by atoms with Gasteiger partial charge in [0.25, 0.3) is 0 Å². The molecule has 0 aliphatic carbocycles. The number of carboxylic acid groups (broad SMARTS) is 4. The van der Waals surface area contributed by atoms with Gasteiger partial charge in [0.2, 0.25) is 0 Å². The molecule has 0 radical (unpaired) electrons. The van der Waals surface area contributed by atoms with Gasteiger partial charge in [-0.2, -0.15) is 0 Å². The molecule has 1 aromatic heterocycles. The van der Waals surface area contributed by atoms with Gasteiger partial charge in [-0.1, -0.05) is 11.6 Å². The van der Waals surface area contributed by atoms with Crippen LogP contribution in [-0.2, 0) is 19.2 Å². The highest BCUT2D eigenvalue weighted by Crippen LogP contribution is 2.32. The second-order valence-corrected chi connectivity index (χ2v) is 4.23. The number of nitrogens with zero attached hydrogens (tertiary/aromatic N) is 1. The van der Waals surface area contributed by atoms with E-state index in [9.17, 15) is 19.2 Å². The fourth-order valence-corrected chi connectivity index (χ4v) is 1.94. The van der Waals surface area contributed by atoms with Gasteiger partial charge >= 0.3 is 23.9 Å². The third kappa shape index (κ3) is 3.26. The van der Waals surface area contributed by atoms with Crippen LogP contribution in [0, 0.1) is 0 Å². The second kappa shape index (κ2) is 6.18. The molecule has 0 saturated carbocycles. The second-order valence-electron chi connectivity index (χ2n) is 3.85. The summed E-state index contributed by atoms with van der Waals surface area (Å²) in [5, 5.41) is 34.9. The molecule has 0 atom stereocenters. The van der Waals surface area contributed by atoms with Gasteiger partial charge in [-0.15, -0.1) is 0 Å². The summed E-state index contributed by atoms with van der Waals surface area (Å²) in [5.41, 5.74) is -0.997. The molecule has 10 heteroatoms. The van der Waals surface area contributed by atoms with E-state index in [4.69, 9.17) is 32.0 Å². The van der Waals surface area contributed by atoms with Crippen LogP contribution in [0.4, 0.5) is 0 Å². The third-order valence-corrected chi connectivity index (χ3v) is 2.98. The molecular weight excluding hydrogens is 310 g/mol. The number of carboxylic acids is 4. The lowest BCUT2D eigenvalue weighted by atomic mass is 9.94. The lowest BCUT2D eigenvalue weighted by Gasteiger charge is -2.14. The van der Waals surface area contributed by atoms with Crippen molar-refractivity contribution in [3.05, 3.63) is 28.5 Å². The van der Waals surface area contributed by atoms with E-state index in [0.717, 1.165) is 12.4 Å². The lowest BCUT2D eigenvalue weighted by Crippen LogP contribution is -2.25. The van der Waals surface area contributed by atoms with Gasteiger partial charge < -0.3 is 20.4 Å². The van der Waals surface area contributed by atoms with Crippen molar-refractivity contribution in [2.75, 3.05) is 0 Å². The molecule has 4 N–H and O–H groups in total. The summed E-state index contributed by atoms with van der Waals surface area (Å²) in [5.74, 6) is -11.2. The molecule has 112 valence electrons. The quantitative estimate of drug-likeness (QED) is 0.538. The van der Waals surface area contributed by atoms with E-state index in [0.29, 0.717) is 0 Å². The molecule has 0 unspecified atom stereocenters. The molecule has 1 rings (SSSR count). The molecule has 0 spiro atoms. The summed E-state index contributed by atoms with van der Waals surface area (Å²) in [4.78, 5) is 47.2. The smallest absolute Gasteiger partial charge is 0.322 e. The molecule has 0 aliphatic heterocycles. The predicted molar refractivity (Wildman–Crippen MR) is 65.3 cm³/mol. The van der Waals surface area contributed by atoms with Gasteiger partial charge in [0.05, 0.1) is 5.02 Å². The van der Waals surface area contributed by atoms with Crippen molar-refractivity contribution in [2.45, 2.75) is 11.8 Å². The van der Waals surface area contributed by atoms with Crippen LogP contribution in [0.2, 0.25) is 5.02 Å². The average molecular weight is 318 g/mol. The number of carbonyl (C=O) groups is 4. The third-order valence-electron chi connectivity index (χ3n) is 2.54. The van der Waals surface area contributed by atoms with Crippen LogP contribution in [-0.4, -0.2) is 49.3 Å². The molecule has 1 aromatic rings. The zero-order chi connectivity index (χ0) is 16.3. The van der Waals surface area contributed by atoms with Gasteiger partial charge in [0.15, 0.2) is 11.8 Å². The van der Waals surface area contributed by atoms with Crippen molar-refractivity contribution >= 4 is 35.5 Å². The van der Waals surface area contributed by atoms with E-state index < -0.39 is 51.9 Å². The molecule has 0 bridgehead atoms. The molecule has 0 aliphatic rings. The SMILES string of the molecule is O=C(O)C(C(=O)O)c1cncc(C(C(=O)O)C(=O)O)c1Cl. The van der Waals surface area contributed by atoms with Gasteiger partial charge in [-0.3, -0.25) is 24.2 Å². The number of halogens is 1. The Morgan fingerprint density at radius 2 is 1.10 bits per heavy atom. The minimum absolute atomic E-state index is 0.498. The van der Waals surface area contributed by atoms with Gasteiger partial charge in [-0.25, -0.2) is 0 Å². The first kappa shape index (κ1) is 16.4. The van der Waals surface area contributed by atoms with Crippen molar-refractivity contribution in [2.24, 2.45) is 0 Å². The van der Waals surface area contributed by atoms with Crippen LogP contribution >= 0.6 is 11.6 Å². The zero-order valence-electron chi connectivity index (χ0n) is 10.1. The fraction of sp³-hybridized carbons (Fsp3) is 0.182. The van der Waals surface area contributed by atoms with Crippen LogP contribution < -0.4 is 0 Å². The topological polar surface area (TPSA) is 162 Å². The molecular formula is C11H8ClNO8. The fourth-order valence-electron chi connectivity index (χ4n) is 1.62. The summed E-state index contributed by atoms with van der Waals surface area (Å²) in [6.07, 6.45) is 1.67. The number of aromatic nitrogens is 1. The Hall–Kier alpha value is -2.68. The molecule has 0 fully saturated rings. The van der Waals surface area contributed by atoms with Crippen LogP contribution in [0.3, 0.4) is 0 Å². The Bertz CT molecular complexity index is 550. The highest BCUT2D eigenvalue weighted by atomic mass is 35.5. The summed E-state index contributed by atoms with van der Waals surface area (Å²) in [6, 6.07) is 0. The first-order chi connectivity index (χ1) is 9.68. The highest BCUT2D eigenvalue weighted by Gasteiger charge is 2.35. The van der Waals surface area contributed by atoms with E-state index in [1.165, 1.54) is 0 Å². The van der Waals surface area contributed by atoms with Gasteiger partial charge in [0.1, 0.15) is 0 Å². The molecule has 9 nitrogen and oxygen atoms in total. The Labute approximate surface area is 121 Å². The van der Waals surface area contributed by atoms with Crippen LogP contribution in [0.15, 0.2) is 12.4 Å². The maximum absolute atomic E-state index is 10.9. The van der Waals surface area contributed by atoms with Crippen LogP contribution in [0.25, 0.3) is 0 Å². The maximum Gasteiger partial charge on any atom is 0.322 e. The lowest BCUT2D eigenvalue weighted by molar-refractivity contribution is -0.151. The van der Waals surface area contributed by atoms with E-state index in [1.54, 1.807) is 0 Å². The molecule has 1 heterocycles. The number of hydrogen-bond acceptors (Lipinski definition) is 5. The van der Waals surface area contributed by atoms with E-state index in [1.807, 2.05) is 0 Å². The van der Waals surface area contributed by atoms with Crippen molar-refractivity contribution in [1.82, 2.24) is 4.98 Å². The van der Waals surface area contributed by atoms with Crippen LogP contribution in [0.5, 0.6) is 0 Å². The van der Waals surface area contributed by atoms with E-state index in [-0.39, 0.29) is 0 Å².